The van der Waals surface area contributed by atoms with Crippen molar-refractivity contribution in [2.45, 2.75) is 25.1 Å². The summed E-state index contributed by atoms with van der Waals surface area (Å²) in [6, 6.07) is 4.32. The van der Waals surface area contributed by atoms with Crippen molar-refractivity contribution in [2.24, 2.45) is 0 Å². The van der Waals surface area contributed by atoms with E-state index in [9.17, 15) is 22.4 Å². The number of carbonyl (C=O) groups excluding carboxylic acids is 1. The summed E-state index contributed by atoms with van der Waals surface area (Å²) in [4.78, 5) is 21.4. The molecule has 1 unspecified atom stereocenters. The number of nitrogens with zero attached hydrogens (tertiary/aromatic N) is 3. The van der Waals surface area contributed by atoms with E-state index in [1.54, 1.807) is 0 Å². The van der Waals surface area contributed by atoms with Gasteiger partial charge in [-0.25, -0.2) is 14.4 Å². The summed E-state index contributed by atoms with van der Waals surface area (Å²) in [5.74, 6) is -1.09. The van der Waals surface area contributed by atoms with Gasteiger partial charge in [-0.2, -0.15) is 13.2 Å². The largest absolute Gasteiger partial charge is 0.458 e. The van der Waals surface area contributed by atoms with E-state index in [0.717, 1.165) is 24.5 Å². The predicted molar refractivity (Wildman–Crippen MR) is 83.0 cm³/mol. The van der Waals surface area contributed by atoms with Crippen LogP contribution in [0.25, 0.3) is 0 Å². The number of amides is 1. The Bertz CT molecular complexity index is 780. The highest BCUT2D eigenvalue weighted by atomic mass is 19.4. The van der Waals surface area contributed by atoms with E-state index in [0.29, 0.717) is 19.4 Å². The van der Waals surface area contributed by atoms with Gasteiger partial charge in [0.15, 0.2) is 5.82 Å². The smallest absolute Gasteiger partial charge is 0.416 e. The van der Waals surface area contributed by atoms with Crippen molar-refractivity contribution in [1.29, 1.82) is 0 Å². The number of hydrogen-bond donors (Lipinski definition) is 0. The molecule has 1 aromatic heterocycles. The van der Waals surface area contributed by atoms with Gasteiger partial charge in [0, 0.05) is 12.1 Å². The lowest BCUT2D eigenvalue weighted by Gasteiger charge is -2.32. The molecule has 0 radical (unpaired) electrons. The topological polar surface area (TPSA) is 55.3 Å². The molecule has 1 aliphatic rings. The zero-order valence-electron chi connectivity index (χ0n) is 13.5. The van der Waals surface area contributed by atoms with Gasteiger partial charge in [0.2, 0.25) is 0 Å². The minimum atomic E-state index is -4.51. The standard InChI is InChI=1S/C17H15F4N3O2/c18-13-8-22-16(23-9-13)26-14-5-2-6-24(10-14)15(25)11-3-1-4-12(7-11)17(19,20)21/h1,3-4,7-9,14H,2,5-6,10H2. The first kappa shape index (κ1) is 18.1. The summed E-state index contributed by atoms with van der Waals surface area (Å²) in [5, 5.41) is 0. The molecule has 0 spiro atoms. The highest BCUT2D eigenvalue weighted by Crippen LogP contribution is 2.30. The minimum absolute atomic E-state index is 0.00947. The number of rotatable bonds is 3. The van der Waals surface area contributed by atoms with Crippen LogP contribution in [-0.2, 0) is 6.18 Å². The molecule has 26 heavy (non-hydrogen) atoms. The van der Waals surface area contributed by atoms with Crippen LogP contribution in [0.15, 0.2) is 36.7 Å². The Morgan fingerprint density at radius 3 is 2.65 bits per heavy atom. The third kappa shape index (κ3) is 4.27. The average molecular weight is 369 g/mol. The lowest BCUT2D eigenvalue weighted by Crippen LogP contribution is -2.44. The number of carbonyl (C=O) groups is 1. The number of piperidine rings is 1. The number of benzene rings is 1. The summed E-state index contributed by atoms with van der Waals surface area (Å²) in [5.41, 5.74) is -0.897. The lowest BCUT2D eigenvalue weighted by molar-refractivity contribution is -0.137. The number of alkyl halides is 3. The highest BCUT2D eigenvalue weighted by molar-refractivity contribution is 5.94. The van der Waals surface area contributed by atoms with E-state index < -0.39 is 29.6 Å². The normalized spacial score (nSPS) is 17.8. The van der Waals surface area contributed by atoms with E-state index in [-0.39, 0.29) is 18.1 Å². The van der Waals surface area contributed by atoms with Gasteiger partial charge >= 0.3 is 12.2 Å². The minimum Gasteiger partial charge on any atom is -0.458 e. The fourth-order valence-corrected chi connectivity index (χ4v) is 2.74. The number of hydrogen-bond acceptors (Lipinski definition) is 4. The van der Waals surface area contributed by atoms with Gasteiger partial charge in [-0.3, -0.25) is 4.79 Å². The van der Waals surface area contributed by atoms with Crippen LogP contribution in [0.1, 0.15) is 28.8 Å². The maximum Gasteiger partial charge on any atom is 0.416 e. The Balaban J connectivity index is 1.69. The van der Waals surface area contributed by atoms with E-state index in [1.807, 2.05) is 0 Å². The van der Waals surface area contributed by atoms with Crippen molar-refractivity contribution in [1.82, 2.24) is 14.9 Å². The molecule has 1 aliphatic heterocycles. The number of ether oxygens (including phenoxy) is 1. The van der Waals surface area contributed by atoms with Gasteiger partial charge in [-0.05, 0) is 31.0 Å². The first-order valence-electron chi connectivity index (χ1n) is 7.93. The molecule has 1 saturated heterocycles. The number of likely N-dealkylation sites (tertiary alicyclic amines) is 1. The second-order valence-corrected chi connectivity index (χ2v) is 5.90. The summed E-state index contributed by atoms with van der Waals surface area (Å²) < 4.78 is 56.8. The Morgan fingerprint density at radius 1 is 1.23 bits per heavy atom. The Labute approximate surface area is 146 Å². The molecule has 1 fully saturated rings. The van der Waals surface area contributed by atoms with Crippen LogP contribution in [0.5, 0.6) is 6.01 Å². The first-order valence-corrected chi connectivity index (χ1v) is 7.93. The van der Waals surface area contributed by atoms with E-state index in [2.05, 4.69) is 9.97 Å². The van der Waals surface area contributed by atoms with E-state index >= 15 is 0 Å². The van der Waals surface area contributed by atoms with Crippen molar-refractivity contribution < 1.29 is 27.1 Å². The van der Waals surface area contributed by atoms with Gasteiger partial charge in [0.25, 0.3) is 5.91 Å². The van der Waals surface area contributed by atoms with Crippen molar-refractivity contribution in [3.05, 3.63) is 53.6 Å². The van der Waals surface area contributed by atoms with Crippen LogP contribution in [0.2, 0.25) is 0 Å². The Kier molecular flexibility index (Phi) is 5.06. The van der Waals surface area contributed by atoms with Crippen LogP contribution < -0.4 is 4.74 Å². The molecular weight excluding hydrogens is 354 g/mol. The predicted octanol–water partition coefficient (Wildman–Crippen LogP) is 3.32. The molecule has 138 valence electrons. The maximum absolute atomic E-state index is 12.8. The fourth-order valence-electron chi connectivity index (χ4n) is 2.74. The lowest BCUT2D eigenvalue weighted by atomic mass is 10.1. The quantitative estimate of drug-likeness (QED) is 0.779. The molecule has 5 nitrogen and oxygen atoms in total. The van der Waals surface area contributed by atoms with Crippen LogP contribution in [0.3, 0.4) is 0 Å². The van der Waals surface area contributed by atoms with Crippen molar-refractivity contribution in [3.8, 4) is 6.01 Å². The molecule has 2 heterocycles. The number of halogens is 4. The molecule has 3 rings (SSSR count). The number of aromatic nitrogens is 2. The summed E-state index contributed by atoms with van der Waals surface area (Å²) >= 11 is 0. The molecule has 0 N–H and O–H groups in total. The maximum atomic E-state index is 12.8. The zero-order chi connectivity index (χ0) is 18.7. The first-order chi connectivity index (χ1) is 12.3. The average Bonchev–Trinajstić information content (AvgIpc) is 2.63. The molecule has 0 aliphatic carbocycles. The third-order valence-electron chi connectivity index (χ3n) is 3.97. The Hall–Kier alpha value is -2.71. The van der Waals surface area contributed by atoms with Crippen LogP contribution in [-0.4, -0.2) is 40.0 Å². The van der Waals surface area contributed by atoms with Crippen molar-refractivity contribution in [2.75, 3.05) is 13.1 Å². The van der Waals surface area contributed by atoms with Gasteiger partial charge in [0.05, 0.1) is 24.5 Å². The molecule has 1 amide bonds. The van der Waals surface area contributed by atoms with Gasteiger partial charge < -0.3 is 9.64 Å². The van der Waals surface area contributed by atoms with Crippen molar-refractivity contribution in [3.63, 3.8) is 0 Å². The molecule has 2 aromatic rings. The van der Waals surface area contributed by atoms with E-state index in [4.69, 9.17) is 4.74 Å². The van der Waals surface area contributed by atoms with Gasteiger partial charge in [-0.15, -0.1) is 0 Å². The molecule has 1 atom stereocenters. The summed E-state index contributed by atoms with van der Waals surface area (Å²) in [6.07, 6.45) is -1.73. The summed E-state index contributed by atoms with van der Waals surface area (Å²) in [7, 11) is 0. The summed E-state index contributed by atoms with van der Waals surface area (Å²) in [6.45, 7) is 0.606. The second kappa shape index (κ2) is 7.27. The molecular formula is C17H15F4N3O2. The zero-order valence-corrected chi connectivity index (χ0v) is 13.5. The fraction of sp³-hybridized carbons (Fsp3) is 0.353. The van der Waals surface area contributed by atoms with E-state index in [1.165, 1.54) is 17.0 Å². The second-order valence-electron chi connectivity index (χ2n) is 5.90. The van der Waals surface area contributed by atoms with Gasteiger partial charge in [0.1, 0.15) is 6.10 Å². The van der Waals surface area contributed by atoms with Crippen LogP contribution in [0.4, 0.5) is 17.6 Å². The van der Waals surface area contributed by atoms with Crippen LogP contribution >= 0.6 is 0 Å². The van der Waals surface area contributed by atoms with Crippen molar-refractivity contribution >= 4 is 5.91 Å². The molecule has 0 saturated carbocycles. The molecule has 1 aromatic carbocycles. The molecule has 0 bridgehead atoms. The SMILES string of the molecule is O=C(c1cccc(C(F)(F)F)c1)N1CCCC(Oc2ncc(F)cn2)C1. The third-order valence-corrected chi connectivity index (χ3v) is 3.97. The Morgan fingerprint density at radius 2 is 1.96 bits per heavy atom. The molecule has 9 heteroatoms. The van der Waals surface area contributed by atoms with Gasteiger partial charge in [-0.1, -0.05) is 6.07 Å². The highest BCUT2D eigenvalue weighted by Gasteiger charge is 2.32. The monoisotopic (exact) mass is 369 g/mol. The van der Waals surface area contributed by atoms with Crippen LogP contribution in [0, 0.1) is 5.82 Å².